The molecule has 0 saturated heterocycles. The highest BCUT2D eigenvalue weighted by Gasteiger charge is 2.44. The van der Waals surface area contributed by atoms with Crippen molar-refractivity contribution < 1.29 is 4.48 Å². The predicted molar refractivity (Wildman–Crippen MR) is 97.1 cm³/mol. The summed E-state index contributed by atoms with van der Waals surface area (Å²) in [5, 5.41) is 13.0. The Morgan fingerprint density at radius 3 is 2.96 bits per heavy atom. The van der Waals surface area contributed by atoms with E-state index in [1.165, 1.54) is 12.6 Å². The molecule has 3 atom stereocenters. The van der Waals surface area contributed by atoms with Gasteiger partial charge in [-0.2, -0.15) is 10.2 Å². The first-order chi connectivity index (χ1) is 13.2. The molecule has 3 unspecified atom stereocenters. The second kappa shape index (κ2) is 5.21. The summed E-state index contributed by atoms with van der Waals surface area (Å²) in [5.74, 6) is 2.22. The summed E-state index contributed by atoms with van der Waals surface area (Å²) >= 11 is 0. The lowest BCUT2D eigenvalue weighted by Crippen LogP contribution is -2.51. The smallest absolute Gasteiger partial charge is 0.173 e. The number of hydrogen-bond donors (Lipinski definition) is 0. The predicted octanol–water partition coefficient (Wildman–Crippen LogP) is 2.15. The van der Waals surface area contributed by atoms with Crippen molar-refractivity contribution in [3.63, 3.8) is 0 Å². The summed E-state index contributed by atoms with van der Waals surface area (Å²) < 4.78 is 14.1. The average Bonchev–Trinajstić information content (AvgIpc) is 3.07. The van der Waals surface area contributed by atoms with Gasteiger partial charge in [-0.25, -0.2) is 10.0 Å². The third-order valence-corrected chi connectivity index (χ3v) is 5.80. The normalized spacial score (nSPS) is 27.6. The maximum absolute atomic E-state index is 14.1. The Kier molecular flexibility index (Phi) is 2.90. The molecule has 1 fully saturated rings. The van der Waals surface area contributed by atoms with Crippen LogP contribution in [0.3, 0.4) is 0 Å². The van der Waals surface area contributed by atoms with Crippen LogP contribution in [-0.4, -0.2) is 38.2 Å². The molecule has 0 amide bonds. The monoisotopic (exact) mass is 366 g/mol. The third kappa shape index (κ3) is 2.17. The van der Waals surface area contributed by atoms with Crippen molar-refractivity contribution >= 4 is 12.0 Å². The van der Waals surface area contributed by atoms with Crippen molar-refractivity contribution in [1.29, 1.82) is 0 Å². The van der Waals surface area contributed by atoms with E-state index >= 15 is 0 Å². The third-order valence-electron chi connectivity index (χ3n) is 5.80. The largest absolute Gasteiger partial charge is 0.304 e. The molecule has 9 heteroatoms. The van der Waals surface area contributed by atoms with Crippen LogP contribution in [0.2, 0.25) is 0 Å². The van der Waals surface area contributed by atoms with Crippen LogP contribution in [0.25, 0.3) is 0 Å². The van der Waals surface area contributed by atoms with E-state index in [2.05, 4.69) is 22.2 Å². The molecule has 27 heavy (non-hydrogen) atoms. The van der Waals surface area contributed by atoms with Gasteiger partial charge in [-0.3, -0.25) is 0 Å². The number of fused-ring (bicyclic) bond motifs is 6. The standard InChI is InChI=1S/C18H19FN8/c1-12-6-13(12)7-14-8-25(22-21-14)26-10-20-18-15-4-2-3-5-16(15)24-11-23(19)9-17(24)27(18)26/h2-5,8-10,12-13,18H,6-7,11H2,1H3. The Morgan fingerprint density at radius 2 is 2.11 bits per heavy atom. The molecule has 0 N–H and O–H groups in total. The zero-order valence-electron chi connectivity index (χ0n) is 14.9. The summed E-state index contributed by atoms with van der Waals surface area (Å²) in [5.41, 5.74) is 2.99. The van der Waals surface area contributed by atoms with E-state index in [0.29, 0.717) is 11.0 Å². The molecule has 0 spiro atoms. The maximum atomic E-state index is 14.1. The van der Waals surface area contributed by atoms with Crippen LogP contribution in [0, 0.1) is 11.8 Å². The van der Waals surface area contributed by atoms with E-state index in [1.54, 1.807) is 16.2 Å². The van der Waals surface area contributed by atoms with Crippen LogP contribution in [0.15, 0.2) is 47.5 Å². The topological polar surface area (TPSA) is 56.0 Å². The summed E-state index contributed by atoms with van der Waals surface area (Å²) in [6, 6.07) is 7.98. The molecule has 1 saturated carbocycles. The molecule has 0 bridgehead atoms. The van der Waals surface area contributed by atoms with Gasteiger partial charge in [0.2, 0.25) is 0 Å². The highest BCUT2D eigenvalue weighted by molar-refractivity contribution is 5.73. The van der Waals surface area contributed by atoms with Gasteiger partial charge < -0.3 is 4.90 Å². The molecule has 6 rings (SSSR count). The minimum atomic E-state index is -0.244. The lowest BCUT2D eigenvalue weighted by atomic mass is 10.1. The molecular formula is C18H19FN8. The van der Waals surface area contributed by atoms with E-state index < -0.39 is 0 Å². The van der Waals surface area contributed by atoms with Crippen LogP contribution in [0.1, 0.15) is 30.8 Å². The van der Waals surface area contributed by atoms with Gasteiger partial charge in [-0.05, 0) is 36.0 Å². The van der Waals surface area contributed by atoms with Crippen molar-refractivity contribution in [1.82, 2.24) is 25.2 Å². The summed E-state index contributed by atoms with van der Waals surface area (Å²) in [6.45, 7) is 2.42. The van der Waals surface area contributed by atoms with Gasteiger partial charge in [0.25, 0.3) is 0 Å². The number of rotatable bonds is 3. The minimum Gasteiger partial charge on any atom is -0.304 e. The number of aliphatic imine (C=N–C) groups is 1. The minimum absolute atomic E-state index is 0.158. The first-order valence-corrected chi connectivity index (χ1v) is 9.23. The van der Waals surface area contributed by atoms with E-state index in [4.69, 9.17) is 0 Å². The number of aromatic nitrogens is 3. The Balaban J connectivity index is 1.37. The number of hydrazine groups is 1. The van der Waals surface area contributed by atoms with Crippen LogP contribution in [0.5, 0.6) is 0 Å². The van der Waals surface area contributed by atoms with Gasteiger partial charge in [0.05, 0.1) is 23.8 Å². The molecule has 2 aromatic rings. The maximum Gasteiger partial charge on any atom is 0.173 e. The van der Waals surface area contributed by atoms with Gasteiger partial charge >= 0.3 is 0 Å². The highest BCUT2D eigenvalue weighted by Crippen LogP contribution is 2.45. The molecule has 138 valence electrons. The van der Waals surface area contributed by atoms with E-state index in [9.17, 15) is 4.48 Å². The highest BCUT2D eigenvalue weighted by atomic mass is 19.2. The Labute approximate surface area is 155 Å². The van der Waals surface area contributed by atoms with Crippen molar-refractivity contribution in [3.8, 4) is 0 Å². The molecule has 4 aliphatic rings. The van der Waals surface area contributed by atoms with E-state index in [1.807, 2.05) is 40.4 Å². The van der Waals surface area contributed by atoms with Crippen LogP contribution >= 0.6 is 0 Å². The molecule has 4 heterocycles. The Hall–Kier alpha value is -3.10. The number of nitrogens with zero attached hydrogens (tertiary/aromatic N) is 8. The molecule has 1 aromatic heterocycles. The lowest BCUT2D eigenvalue weighted by molar-refractivity contribution is 0.104. The van der Waals surface area contributed by atoms with Crippen LogP contribution in [-0.2, 0) is 6.42 Å². The second-order valence-electron chi connectivity index (χ2n) is 7.63. The second-order valence-corrected chi connectivity index (χ2v) is 7.63. The molecule has 0 radical (unpaired) electrons. The van der Waals surface area contributed by atoms with E-state index in [-0.39, 0.29) is 12.8 Å². The van der Waals surface area contributed by atoms with Crippen molar-refractivity contribution in [2.24, 2.45) is 16.8 Å². The quantitative estimate of drug-likeness (QED) is 0.776. The average molecular weight is 366 g/mol. The first-order valence-electron chi connectivity index (χ1n) is 9.23. The first kappa shape index (κ1) is 15.0. The fourth-order valence-electron chi connectivity index (χ4n) is 4.16. The van der Waals surface area contributed by atoms with Gasteiger partial charge in [0.15, 0.2) is 12.0 Å². The fraction of sp³-hybridized carbons (Fsp3) is 0.389. The molecular weight excluding hydrogens is 347 g/mol. The lowest BCUT2D eigenvalue weighted by Gasteiger charge is -2.41. The molecule has 3 aliphatic heterocycles. The SMILES string of the molecule is CC1CC1Cc1cn(N2C=NC3c4ccccc4N4CN(F)C=C4N32)nn1. The number of benzene rings is 1. The number of para-hydroxylation sites is 1. The van der Waals surface area contributed by atoms with Gasteiger partial charge in [-0.15, -0.1) is 9.89 Å². The van der Waals surface area contributed by atoms with Gasteiger partial charge in [0.1, 0.15) is 13.0 Å². The van der Waals surface area contributed by atoms with Gasteiger partial charge in [-0.1, -0.05) is 29.6 Å². The van der Waals surface area contributed by atoms with Crippen molar-refractivity contribution in [2.45, 2.75) is 25.9 Å². The van der Waals surface area contributed by atoms with Gasteiger partial charge in [0, 0.05) is 5.56 Å². The number of hydrogen-bond acceptors (Lipinski definition) is 7. The zero-order valence-corrected chi connectivity index (χ0v) is 14.9. The van der Waals surface area contributed by atoms with Crippen molar-refractivity contribution in [3.05, 3.63) is 53.7 Å². The Bertz CT molecular complexity index is 968. The molecule has 8 nitrogen and oxygen atoms in total. The zero-order chi connectivity index (χ0) is 18.1. The van der Waals surface area contributed by atoms with Crippen molar-refractivity contribution in [2.75, 3.05) is 16.7 Å². The van der Waals surface area contributed by atoms with Crippen LogP contribution in [0.4, 0.5) is 10.2 Å². The van der Waals surface area contributed by atoms with Crippen LogP contribution < -0.4 is 10.0 Å². The Morgan fingerprint density at radius 1 is 1.26 bits per heavy atom. The fourth-order valence-corrected chi connectivity index (χ4v) is 4.16. The van der Waals surface area contributed by atoms with E-state index in [0.717, 1.165) is 35.1 Å². The molecule has 1 aromatic carbocycles. The summed E-state index contributed by atoms with van der Waals surface area (Å²) in [4.78, 5) is 8.29. The number of anilines is 1. The number of halogens is 1. The summed E-state index contributed by atoms with van der Waals surface area (Å²) in [6.07, 6.45) is 7.13. The molecule has 1 aliphatic carbocycles. The summed E-state index contributed by atoms with van der Waals surface area (Å²) in [7, 11) is 0.